The van der Waals surface area contributed by atoms with E-state index in [4.69, 9.17) is 4.74 Å². The Morgan fingerprint density at radius 2 is 1.46 bits per heavy atom. The average Bonchev–Trinajstić information content (AvgIpc) is 2.73. The summed E-state index contributed by atoms with van der Waals surface area (Å²) in [5.74, 6) is -0.170. The number of ether oxygens (including phenoxy) is 1. The Bertz CT molecular complexity index is 676. The van der Waals surface area contributed by atoms with Crippen LogP contribution in [0.4, 0.5) is 0 Å². The molecule has 1 amide bonds. The molecule has 0 radical (unpaired) electrons. The number of hydrogen-bond acceptors (Lipinski definition) is 3. The van der Waals surface area contributed by atoms with Crippen LogP contribution in [0.3, 0.4) is 0 Å². The molecule has 0 fully saturated rings. The van der Waals surface area contributed by atoms with Gasteiger partial charge in [-0.1, -0.05) is 74.0 Å². The number of amides is 1. The highest BCUT2D eigenvalue weighted by molar-refractivity contribution is 5.78. The van der Waals surface area contributed by atoms with Gasteiger partial charge >= 0.3 is 5.97 Å². The third kappa shape index (κ3) is 6.84. The average molecular weight is 382 g/mol. The maximum Gasteiger partial charge on any atom is 0.307 e. The van der Waals surface area contributed by atoms with Crippen molar-refractivity contribution in [2.24, 2.45) is 0 Å². The molecule has 0 heterocycles. The van der Waals surface area contributed by atoms with Gasteiger partial charge in [0.15, 0.2) is 0 Å². The van der Waals surface area contributed by atoms with Crippen LogP contribution in [0.25, 0.3) is 0 Å². The van der Waals surface area contributed by atoms with Crippen LogP contribution in [0.2, 0.25) is 0 Å². The second kappa shape index (κ2) is 12.0. The summed E-state index contributed by atoms with van der Waals surface area (Å²) in [5, 5.41) is 0. The normalized spacial score (nSPS) is 10.7. The molecule has 0 saturated carbocycles. The van der Waals surface area contributed by atoms with Gasteiger partial charge in [0.25, 0.3) is 0 Å². The van der Waals surface area contributed by atoms with E-state index in [0.717, 1.165) is 24.0 Å². The van der Waals surface area contributed by atoms with Crippen molar-refractivity contribution in [3.63, 3.8) is 0 Å². The number of benzene rings is 2. The molecular formula is C24H31NO3. The lowest BCUT2D eigenvalue weighted by atomic mass is 9.88. The Kier molecular flexibility index (Phi) is 9.26. The van der Waals surface area contributed by atoms with Crippen molar-refractivity contribution in [1.29, 1.82) is 0 Å². The van der Waals surface area contributed by atoms with Crippen molar-refractivity contribution < 1.29 is 14.3 Å². The third-order valence-corrected chi connectivity index (χ3v) is 4.81. The van der Waals surface area contributed by atoms with Crippen molar-refractivity contribution in [3.8, 4) is 0 Å². The van der Waals surface area contributed by atoms with Gasteiger partial charge in [-0.3, -0.25) is 9.59 Å². The van der Waals surface area contributed by atoms with Gasteiger partial charge in [0, 0.05) is 25.4 Å². The lowest BCUT2D eigenvalue weighted by Gasteiger charge is -2.25. The first-order valence-electron chi connectivity index (χ1n) is 10.2. The van der Waals surface area contributed by atoms with E-state index in [1.165, 1.54) is 0 Å². The van der Waals surface area contributed by atoms with Gasteiger partial charge in [-0.2, -0.15) is 0 Å². The van der Waals surface area contributed by atoms with Gasteiger partial charge in [-0.25, -0.2) is 0 Å². The van der Waals surface area contributed by atoms with Gasteiger partial charge in [0.05, 0.1) is 13.0 Å². The zero-order valence-corrected chi connectivity index (χ0v) is 17.0. The molecule has 0 unspecified atom stereocenters. The van der Waals surface area contributed by atoms with Gasteiger partial charge in [-0.15, -0.1) is 0 Å². The summed E-state index contributed by atoms with van der Waals surface area (Å²) in [7, 11) is 0. The summed E-state index contributed by atoms with van der Waals surface area (Å²) in [6.45, 7) is 5.35. The minimum Gasteiger partial charge on any atom is -0.466 e. The minimum absolute atomic E-state index is 0.00150. The van der Waals surface area contributed by atoms with Crippen LogP contribution in [0, 0.1) is 0 Å². The molecule has 150 valence electrons. The molecule has 0 aromatic heterocycles. The molecule has 0 spiro atoms. The van der Waals surface area contributed by atoms with Crippen molar-refractivity contribution >= 4 is 11.9 Å². The van der Waals surface area contributed by atoms with Crippen LogP contribution < -0.4 is 0 Å². The Morgan fingerprint density at radius 3 is 1.96 bits per heavy atom. The standard InChI is InChI=1S/C24H31NO3/c1-3-5-17-25(18-16-24(27)28-4-2)23(26)19-22(20-12-8-6-9-13-20)21-14-10-7-11-15-21/h6-15,22H,3-5,16-19H2,1-2H3. The molecule has 4 heteroatoms. The highest BCUT2D eigenvalue weighted by Gasteiger charge is 2.22. The van der Waals surface area contributed by atoms with E-state index in [1.54, 1.807) is 6.92 Å². The molecular weight excluding hydrogens is 350 g/mol. The molecule has 4 nitrogen and oxygen atoms in total. The van der Waals surface area contributed by atoms with Gasteiger partial charge in [0.1, 0.15) is 0 Å². The molecule has 2 aromatic carbocycles. The summed E-state index contributed by atoms with van der Waals surface area (Å²) in [4.78, 5) is 26.7. The van der Waals surface area contributed by atoms with Gasteiger partial charge in [0.2, 0.25) is 5.91 Å². The number of rotatable bonds is 11. The molecule has 28 heavy (non-hydrogen) atoms. The summed E-state index contributed by atoms with van der Waals surface area (Å²) in [6.07, 6.45) is 2.56. The molecule has 0 aliphatic carbocycles. The van der Waals surface area contributed by atoms with Crippen LogP contribution in [0.15, 0.2) is 60.7 Å². The number of esters is 1. The Morgan fingerprint density at radius 1 is 0.893 bits per heavy atom. The van der Waals surface area contributed by atoms with E-state index < -0.39 is 0 Å². The van der Waals surface area contributed by atoms with E-state index in [0.29, 0.717) is 26.1 Å². The molecule has 0 bridgehead atoms. The lowest BCUT2D eigenvalue weighted by molar-refractivity contribution is -0.144. The number of hydrogen-bond donors (Lipinski definition) is 0. The number of unbranched alkanes of at least 4 members (excludes halogenated alkanes) is 1. The quantitative estimate of drug-likeness (QED) is 0.526. The zero-order valence-electron chi connectivity index (χ0n) is 17.0. The molecule has 0 atom stereocenters. The predicted octanol–water partition coefficient (Wildman–Crippen LogP) is 4.79. The van der Waals surface area contributed by atoms with Crippen molar-refractivity contribution in [2.45, 2.75) is 45.4 Å². The smallest absolute Gasteiger partial charge is 0.307 e. The highest BCUT2D eigenvalue weighted by Crippen LogP contribution is 2.28. The fourth-order valence-corrected chi connectivity index (χ4v) is 3.27. The molecule has 0 aliphatic rings. The number of carbonyl (C=O) groups excluding carboxylic acids is 2. The van der Waals surface area contributed by atoms with Crippen molar-refractivity contribution in [3.05, 3.63) is 71.8 Å². The highest BCUT2D eigenvalue weighted by atomic mass is 16.5. The third-order valence-electron chi connectivity index (χ3n) is 4.81. The number of carbonyl (C=O) groups is 2. The van der Waals surface area contributed by atoms with Gasteiger partial charge < -0.3 is 9.64 Å². The van der Waals surface area contributed by atoms with E-state index in [9.17, 15) is 9.59 Å². The molecule has 2 aromatic rings. The molecule has 2 rings (SSSR count). The molecule has 0 aliphatic heterocycles. The van der Waals surface area contributed by atoms with Crippen LogP contribution in [-0.4, -0.2) is 36.5 Å². The maximum atomic E-state index is 13.2. The first-order chi connectivity index (χ1) is 13.7. The summed E-state index contributed by atoms with van der Waals surface area (Å²) in [5.41, 5.74) is 2.26. The van der Waals surface area contributed by atoms with Gasteiger partial charge in [-0.05, 0) is 24.5 Å². The topological polar surface area (TPSA) is 46.6 Å². The van der Waals surface area contributed by atoms with Crippen LogP contribution in [0.1, 0.15) is 56.6 Å². The monoisotopic (exact) mass is 381 g/mol. The fourth-order valence-electron chi connectivity index (χ4n) is 3.27. The van der Waals surface area contributed by atoms with E-state index in [2.05, 4.69) is 31.2 Å². The second-order valence-corrected chi connectivity index (χ2v) is 6.87. The Balaban J connectivity index is 2.15. The van der Waals surface area contributed by atoms with Crippen molar-refractivity contribution in [2.75, 3.05) is 19.7 Å². The first kappa shape index (κ1) is 21.7. The van der Waals surface area contributed by atoms with E-state index in [1.807, 2.05) is 41.3 Å². The fraction of sp³-hybridized carbons (Fsp3) is 0.417. The largest absolute Gasteiger partial charge is 0.466 e. The van der Waals surface area contributed by atoms with E-state index >= 15 is 0 Å². The van der Waals surface area contributed by atoms with Crippen LogP contribution in [-0.2, 0) is 14.3 Å². The van der Waals surface area contributed by atoms with Crippen molar-refractivity contribution in [1.82, 2.24) is 4.90 Å². The Labute approximate surface area is 168 Å². The summed E-state index contributed by atoms with van der Waals surface area (Å²) >= 11 is 0. The van der Waals surface area contributed by atoms with Crippen LogP contribution >= 0.6 is 0 Å². The molecule has 0 N–H and O–H groups in total. The summed E-state index contributed by atoms with van der Waals surface area (Å²) in [6, 6.07) is 20.3. The first-order valence-corrected chi connectivity index (χ1v) is 10.2. The second-order valence-electron chi connectivity index (χ2n) is 6.87. The summed E-state index contributed by atoms with van der Waals surface area (Å²) < 4.78 is 5.02. The zero-order chi connectivity index (χ0) is 20.2. The minimum atomic E-state index is -0.250. The number of nitrogens with zero attached hydrogens (tertiary/aromatic N) is 1. The maximum absolute atomic E-state index is 13.2. The lowest BCUT2D eigenvalue weighted by Crippen LogP contribution is -2.35. The SMILES string of the molecule is CCCCN(CCC(=O)OCC)C(=O)CC(c1ccccc1)c1ccccc1. The van der Waals surface area contributed by atoms with Crippen LogP contribution in [0.5, 0.6) is 0 Å². The Hall–Kier alpha value is -2.62. The predicted molar refractivity (Wildman–Crippen MR) is 112 cm³/mol. The van der Waals surface area contributed by atoms with E-state index in [-0.39, 0.29) is 24.2 Å². The molecule has 0 saturated heterocycles.